The lowest BCUT2D eigenvalue weighted by Crippen LogP contribution is -2.35. The van der Waals surface area contributed by atoms with Gasteiger partial charge in [0.05, 0.1) is 17.6 Å². The quantitative estimate of drug-likeness (QED) is 0.849. The number of aromatic carboxylic acids is 1. The normalized spacial score (nSPS) is 22.5. The largest absolute Gasteiger partial charge is 0.478 e. The number of β-amino-alcohol motifs (C(OH)–C–C–N with tert-alkyl or cyclic N) is 1. The van der Waals surface area contributed by atoms with Gasteiger partial charge in [-0.1, -0.05) is 18.2 Å². The highest BCUT2D eigenvalue weighted by Gasteiger charge is 2.33. The number of rotatable bonds is 3. The van der Waals surface area contributed by atoms with E-state index in [0.717, 1.165) is 0 Å². The molecule has 0 aliphatic carbocycles. The highest BCUT2D eigenvalue weighted by Crippen LogP contribution is 2.21. The van der Waals surface area contributed by atoms with E-state index in [4.69, 9.17) is 5.11 Å². The van der Waals surface area contributed by atoms with Crippen molar-refractivity contribution in [3.05, 3.63) is 35.4 Å². The van der Waals surface area contributed by atoms with Crippen molar-refractivity contribution >= 4 is 11.9 Å². The minimum Gasteiger partial charge on any atom is -0.478 e. The number of benzene rings is 1. The molecule has 0 spiro atoms. The number of hydrogen-bond donors (Lipinski definition) is 2. The summed E-state index contributed by atoms with van der Waals surface area (Å²) >= 11 is 0. The highest BCUT2D eigenvalue weighted by molar-refractivity contribution is 5.91. The van der Waals surface area contributed by atoms with Crippen molar-refractivity contribution in [2.75, 3.05) is 13.1 Å². The van der Waals surface area contributed by atoms with Crippen molar-refractivity contribution in [1.82, 2.24) is 4.90 Å². The molecule has 1 fully saturated rings. The maximum atomic E-state index is 12.1. The third-order valence-corrected chi connectivity index (χ3v) is 3.39. The fourth-order valence-corrected chi connectivity index (χ4v) is 2.32. The van der Waals surface area contributed by atoms with Crippen LogP contribution in [0.15, 0.2) is 24.3 Å². The van der Waals surface area contributed by atoms with E-state index in [9.17, 15) is 14.7 Å². The third kappa shape index (κ3) is 3.12. The Morgan fingerprint density at radius 1 is 1.37 bits per heavy atom. The molecule has 1 atom stereocenters. The standard InChI is InChI=1S/C14H17NO4/c1-14(19)6-7-15(9-14)12(16)8-10-4-2-3-5-11(10)13(17)18/h2-5,19H,6-9H2,1H3,(H,17,18). The molecule has 1 aliphatic rings. The van der Waals surface area contributed by atoms with E-state index in [1.165, 1.54) is 6.07 Å². The lowest BCUT2D eigenvalue weighted by molar-refractivity contribution is -0.130. The predicted octanol–water partition coefficient (Wildman–Crippen LogP) is 0.911. The van der Waals surface area contributed by atoms with E-state index in [-0.39, 0.29) is 17.9 Å². The first-order valence-electron chi connectivity index (χ1n) is 6.20. The summed E-state index contributed by atoms with van der Waals surface area (Å²) in [6.07, 6.45) is 0.609. The summed E-state index contributed by atoms with van der Waals surface area (Å²) in [6.45, 7) is 2.52. The molecule has 102 valence electrons. The number of aliphatic hydroxyl groups is 1. The van der Waals surface area contributed by atoms with Gasteiger partial charge in [-0.25, -0.2) is 4.79 Å². The number of amides is 1. The molecule has 1 aromatic carbocycles. The first-order valence-corrected chi connectivity index (χ1v) is 6.20. The fourth-order valence-electron chi connectivity index (χ4n) is 2.32. The number of carbonyl (C=O) groups is 2. The molecule has 2 N–H and O–H groups in total. The topological polar surface area (TPSA) is 77.8 Å². The van der Waals surface area contributed by atoms with Gasteiger partial charge in [-0.15, -0.1) is 0 Å². The molecule has 1 amide bonds. The number of carbonyl (C=O) groups excluding carboxylic acids is 1. The molecule has 5 nitrogen and oxygen atoms in total. The molecule has 1 aliphatic heterocycles. The zero-order chi connectivity index (χ0) is 14.0. The zero-order valence-corrected chi connectivity index (χ0v) is 10.8. The van der Waals surface area contributed by atoms with Crippen LogP contribution in [0.3, 0.4) is 0 Å². The highest BCUT2D eigenvalue weighted by atomic mass is 16.4. The van der Waals surface area contributed by atoms with Gasteiger partial charge in [-0.2, -0.15) is 0 Å². The van der Waals surface area contributed by atoms with E-state index in [1.807, 2.05) is 0 Å². The second-order valence-corrected chi connectivity index (χ2v) is 5.20. The molecule has 0 aromatic heterocycles. The van der Waals surface area contributed by atoms with Gasteiger partial charge < -0.3 is 15.1 Å². The monoisotopic (exact) mass is 263 g/mol. The van der Waals surface area contributed by atoms with E-state index in [0.29, 0.717) is 25.1 Å². The van der Waals surface area contributed by atoms with Crippen LogP contribution in [-0.4, -0.2) is 45.7 Å². The van der Waals surface area contributed by atoms with Crippen molar-refractivity contribution < 1.29 is 19.8 Å². The van der Waals surface area contributed by atoms with E-state index >= 15 is 0 Å². The number of likely N-dealkylation sites (tertiary alicyclic amines) is 1. The summed E-state index contributed by atoms with van der Waals surface area (Å²) in [7, 11) is 0. The SMILES string of the molecule is CC1(O)CCN(C(=O)Cc2ccccc2C(=O)O)C1. The number of carboxylic acids is 1. The van der Waals surface area contributed by atoms with Crippen LogP contribution in [-0.2, 0) is 11.2 Å². The van der Waals surface area contributed by atoms with Crippen LogP contribution in [0.25, 0.3) is 0 Å². The summed E-state index contributed by atoms with van der Waals surface area (Å²) in [4.78, 5) is 24.7. The van der Waals surface area contributed by atoms with E-state index in [1.54, 1.807) is 30.0 Å². The van der Waals surface area contributed by atoms with Gasteiger partial charge in [0.2, 0.25) is 5.91 Å². The van der Waals surface area contributed by atoms with Crippen LogP contribution in [0.5, 0.6) is 0 Å². The van der Waals surface area contributed by atoms with Crippen LogP contribution in [0.2, 0.25) is 0 Å². The summed E-state index contributed by atoms with van der Waals surface area (Å²) in [5.74, 6) is -1.18. The first kappa shape index (κ1) is 13.5. The second kappa shape index (κ2) is 5.01. The number of carboxylic acid groups (broad SMARTS) is 1. The molecule has 0 bridgehead atoms. The van der Waals surface area contributed by atoms with E-state index in [2.05, 4.69) is 0 Å². The van der Waals surface area contributed by atoms with Gasteiger partial charge in [0.25, 0.3) is 0 Å². The molecule has 0 radical (unpaired) electrons. The summed E-state index contributed by atoms with van der Waals surface area (Å²) in [5, 5.41) is 18.9. The Bertz CT molecular complexity index is 510. The van der Waals surface area contributed by atoms with Crippen molar-refractivity contribution in [3.63, 3.8) is 0 Å². The van der Waals surface area contributed by atoms with Crippen LogP contribution < -0.4 is 0 Å². The predicted molar refractivity (Wildman–Crippen MR) is 68.9 cm³/mol. The third-order valence-electron chi connectivity index (χ3n) is 3.39. The van der Waals surface area contributed by atoms with Crippen molar-refractivity contribution in [3.8, 4) is 0 Å². The van der Waals surface area contributed by atoms with E-state index < -0.39 is 11.6 Å². The smallest absolute Gasteiger partial charge is 0.335 e. The molecule has 1 heterocycles. The second-order valence-electron chi connectivity index (χ2n) is 5.20. The zero-order valence-electron chi connectivity index (χ0n) is 10.8. The van der Waals surface area contributed by atoms with Crippen molar-refractivity contribution in [1.29, 1.82) is 0 Å². The molecule has 19 heavy (non-hydrogen) atoms. The van der Waals surface area contributed by atoms with Crippen molar-refractivity contribution in [2.45, 2.75) is 25.4 Å². The minimum absolute atomic E-state index is 0.0541. The first-order chi connectivity index (χ1) is 8.89. The lowest BCUT2D eigenvalue weighted by atomic mass is 10.0. The van der Waals surface area contributed by atoms with Crippen LogP contribution in [0.1, 0.15) is 29.3 Å². The van der Waals surface area contributed by atoms with Crippen LogP contribution >= 0.6 is 0 Å². The Morgan fingerprint density at radius 3 is 2.63 bits per heavy atom. The maximum Gasteiger partial charge on any atom is 0.335 e. The van der Waals surface area contributed by atoms with Crippen LogP contribution in [0.4, 0.5) is 0 Å². The summed E-state index contributed by atoms with van der Waals surface area (Å²) in [6, 6.07) is 6.49. The fraction of sp³-hybridized carbons (Fsp3) is 0.429. The molecular weight excluding hydrogens is 246 g/mol. The van der Waals surface area contributed by atoms with Gasteiger partial charge in [0.1, 0.15) is 0 Å². The Morgan fingerprint density at radius 2 is 2.05 bits per heavy atom. The molecular formula is C14H17NO4. The van der Waals surface area contributed by atoms with Gasteiger partial charge in [-0.05, 0) is 25.0 Å². The van der Waals surface area contributed by atoms with Gasteiger partial charge in [-0.3, -0.25) is 4.79 Å². The average molecular weight is 263 g/mol. The van der Waals surface area contributed by atoms with Gasteiger partial charge in [0, 0.05) is 13.1 Å². The Hall–Kier alpha value is -1.88. The average Bonchev–Trinajstić information content (AvgIpc) is 2.70. The minimum atomic E-state index is -1.03. The van der Waals surface area contributed by atoms with Crippen LogP contribution in [0, 0.1) is 0 Å². The molecule has 2 rings (SSSR count). The Balaban J connectivity index is 2.10. The number of hydrogen-bond acceptors (Lipinski definition) is 3. The van der Waals surface area contributed by atoms with Gasteiger partial charge >= 0.3 is 5.97 Å². The Kier molecular flexibility index (Phi) is 3.57. The van der Waals surface area contributed by atoms with Crippen molar-refractivity contribution in [2.24, 2.45) is 0 Å². The van der Waals surface area contributed by atoms with Gasteiger partial charge in [0.15, 0.2) is 0 Å². The molecule has 5 heteroatoms. The molecule has 1 aromatic rings. The summed E-state index contributed by atoms with van der Waals surface area (Å²) < 4.78 is 0. The summed E-state index contributed by atoms with van der Waals surface area (Å²) in [5.41, 5.74) is -0.171. The number of nitrogens with zero attached hydrogens (tertiary/aromatic N) is 1. The molecule has 1 unspecified atom stereocenters. The molecule has 0 saturated carbocycles. The molecule has 1 saturated heterocycles. The maximum absolute atomic E-state index is 12.1. The lowest BCUT2D eigenvalue weighted by Gasteiger charge is -2.19. The Labute approximate surface area is 111 Å².